The molecule has 0 aliphatic carbocycles. The summed E-state index contributed by atoms with van der Waals surface area (Å²) in [6, 6.07) is 0.639. The zero-order valence-electron chi connectivity index (χ0n) is 17.1. The number of hydrogen-bond donors (Lipinski definition) is 2. The quantitative estimate of drug-likeness (QED) is 0.325. The fraction of sp³-hybridized carbons (Fsp3) is 0.316. The number of esters is 1. The predicted molar refractivity (Wildman–Crippen MR) is 121 cm³/mol. The Balaban J connectivity index is 1.54. The number of carbonyl (C=O) groups excluding carboxylic acids is 3. The average molecular weight is 509 g/mol. The van der Waals surface area contributed by atoms with Crippen LogP contribution in [0.3, 0.4) is 0 Å². The Hall–Kier alpha value is -3.03. The van der Waals surface area contributed by atoms with Crippen molar-refractivity contribution in [3.63, 3.8) is 0 Å². The van der Waals surface area contributed by atoms with E-state index in [-0.39, 0.29) is 20.9 Å². The third-order valence-electron chi connectivity index (χ3n) is 5.20. The van der Waals surface area contributed by atoms with Gasteiger partial charge in [-0.3, -0.25) is 19.5 Å². The lowest BCUT2D eigenvalue weighted by molar-refractivity contribution is -0.156. The Kier molecular flexibility index (Phi) is 6.63. The molecule has 1 saturated heterocycles. The van der Waals surface area contributed by atoms with E-state index in [2.05, 4.69) is 20.5 Å². The van der Waals surface area contributed by atoms with Crippen LogP contribution in [0.1, 0.15) is 24.6 Å². The molecule has 0 saturated carbocycles. The highest BCUT2D eigenvalue weighted by atomic mass is 35.5. The summed E-state index contributed by atoms with van der Waals surface area (Å²) in [6.07, 6.45) is 4.25. The first-order valence-electron chi connectivity index (χ1n) is 9.62. The normalized spacial score (nSPS) is 20.5. The van der Waals surface area contributed by atoms with Crippen LogP contribution in [-0.2, 0) is 19.1 Å². The van der Waals surface area contributed by atoms with E-state index >= 15 is 0 Å². The van der Waals surface area contributed by atoms with Crippen molar-refractivity contribution >= 4 is 57.6 Å². The van der Waals surface area contributed by atoms with E-state index < -0.39 is 35.9 Å². The van der Waals surface area contributed by atoms with Gasteiger partial charge in [-0.2, -0.15) is 0 Å². The fourth-order valence-corrected chi connectivity index (χ4v) is 5.73. The molecular weight excluding hydrogens is 492 g/mol. The van der Waals surface area contributed by atoms with Crippen molar-refractivity contribution < 1.29 is 19.1 Å². The summed E-state index contributed by atoms with van der Waals surface area (Å²) in [7, 11) is 1.24. The lowest BCUT2D eigenvalue weighted by Crippen LogP contribution is -2.71. The topological polar surface area (TPSA) is 157 Å². The van der Waals surface area contributed by atoms with Gasteiger partial charge in [0, 0.05) is 22.2 Å². The number of nitrogens with zero attached hydrogens (tertiary/aromatic N) is 4. The number of carbonyl (C=O) groups is 3. The summed E-state index contributed by atoms with van der Waals surface area (Å²) in [5, 5.41) is 5.44. The third-order valence-corrected chi connectivity index (χ3v) is 7.46. The number of halogens is 1. The number of aromatic nitrogens is 2. The second kappa shape index (κ2) is 9.45. The number of rotatable bonds is 7. The Morgan fingerprint density at radius 2 is 2.15 bits per heavy atom. The highest BCUT2D eigenvalue weighted by molar-refractivity contribution is 8.03. The van der Waals surface area contributed by atoms with Crippen LogP contribution in [0.2, 0.25) is 4.34 Å². The Morgan fingerprint density at radius 3 is 2.76 bits per heavy atom. The molecule has 0 aromatic carbocycles. The number of allylic oxidation sites excluding steroid dienone is 1. The number of nitrogens with one attached hydrogen (secondary N) is 1. The molecule has 0 radical (unpaired) electrons. The largest absolute Gasteiger partial charge is 0.464 e. The molecule has 2 aliphatic heterocycles. The molecule has 3 N–H and O–H groups in total. The maximum atomic E-state index is 13.0. The van der Waals surface area contributed by atoms with Gasteiger partial charge in [-0.15, -0.1) is 4.91 Å². The van der Waals surface area contributed by atoms with Gasteiger partial charge in [-0.1, -0.05) is 34.7 Å². The van der Waals surface area contributed by atoms with Gasteiger partial charge < -0.3 is 15.8 Å². The first kappa shape index (κ1) is 23.1. The Labute approximate surface area is 200 Å². The molecule has 2 unspecified atom stereocenters. The van der Waals surface area contributed by atoms with Crippen LogP contribution < -0.4 is 11.1 Å². The summed E-state index contributed by atoms with van der Waals surface area (Å²) in [4.78, 5) is 60.3. The van der Waals surface area contributed by atoms with Gasteiger partial charge in [0.1, 0.15) is 21.8 Å². The zero-order chi connectivity index (χ0) is 23.7. The predicted octanol–water partition coefficient (Wildman–Crippen LogP) is 2.25. The molecule has 2 aromatic heterocycles. The number of nitrogens with two attached hydrogens (primary N) is 1. The van der Waals surface area contributed by atoms with Crippen LogP contribution >= 0.6 is 34.7 Å². The highest BCUT2D eigenvalue weighted by Gasteiger charge is 2.54. The molecule has 4 heterocycles. The van der Waals surface area contributed by atoms with Gasteiger partial charge in [0.05, 0.1) is 13.2 Å². The molecular formula is C19H17ClN6O5S2. The van der Waals surface area contributed by atoms with E-state index in [1.165, 1.54) is 23.8 Å². The van der Waals surface area contributed by atoms with Crippen LogP contribution in [-0.4, -0.2) is 51.8 Å². The van der Waals surface area contributed by atoms with Crippen molar-refractivity contribution in [2.24, 2.45) is 5.18 Å². The monoisotopic (exact) mass is 508 g/mol. The van der Waals surface area contributed by atoms with E-state index in [9.17, 15) is 19.3 Å². The number of amides is 2. The van der Waals surface area contributed by atoms with Crippen LogP contribution in [0.25, 0.3) is 0 Å². The summed E-state index contributed by atoms with van der Waals surface area (Å²) in [6.45, 7) is 0. The third kappa shape index (κ3) is 4.30. The molecule has 33 heavy (non-hydrogen) atoms. The van der Waals surface area contributed by atoms with Gasteiger partial charge in [0.15, 0.2) is 5.13 Å². The number of pyridine rings is 1. The van der Waals surface area contributed by atoms with Crippen molar-refractivity contribution in [2.45, 2.75) is 35.9 Å². The minimum Gasteiger partial charge on any atom is -0.464 e. The van der Waals surface area contributed by atoms with Gasteiger partial charge >= 0.3 is 5.97 Å². The lowest BCUT2D eigenvalue weighted by atomic mass is 9.86. The molecule has 0 bridgehead atoms. The van der Waals surface area contributed by atoms with E-state index in [0.717, 1.165) is 16.2 Å². The fourth-order valence-electron chi connectivity index (χ4n) is 3.72. The second-order valence-corrected chi connectivity index (χ2v) is 9.87. The highest BCUT2D eigenvalue weighted by Crippen LogP contribution is 2.43. The van der Waals surface area contributed by atoms with Crippen molar-refractivity contribution in [3.8, 4) is 0 Å². The van der Waals surface area contributed by atoms with Crippen LogP contribution in [0.15, 0.2) is 45.2 Å². The van der Waals surface area contributed by atoms with E-state index in [1.54, 1.807) is 24.5 Å². The number of hydrogen-bond acceptors (Lipinski definition) is 11. The van der Waals surface area contributed by atoms with Gasteiger partial charge in [-0.25, -0.2) is 9.78 Å². The molecule has 2 aromatic rings. The summed E-state index contributed by atoms with van der Waals surface area (Å²) in [5.74, 6) is -1.96. The van der Waals surface area contributed by atoms with Crippen LogP contribution in [0.4, 0.5) is 5.13 Å². The van der Waals surface area contributed by atoms with Crippen molar-refractivity contribution in [3.05, 3.63) is 50.1 Å². The molecule has 4 rings (SSSR count). The number of β-lactam (4-membered cyclic amide) rings is 1. The standard InChI is InChI=1S/C19H17ClN6O5S2/c1-31-18(29)14-10(32-8-4-6-22-7-5-8)3-2-9-11(17(28)26(9)14)23-16(27)13(25-30)12-15(20)33-19(21)24-12/h4-7,9,11,13H,2-3H2,1H3,(H2,21,24)(H,23,27)/t9?,11-,13?/m0/s1. The van der Waals surface area contributed by atoms with Crippen molar-refractivity contribution in [1.29, 1.82) is 0 Å². The molecule has 3 atom stereocenters. The lowest BCUT2D eigenvalue weighted by Gasteiger charge is -2.50. The molecule has 14 heteroatoms. The van der Waals surface area contributed by atoms with Gasteiger partial charge in [0.2, 0.25) is 6.04 Å². The minimum absolute atomic E-state index is 0.0647. The smallest absolute Gasteiger partial charge is 0.355 e. The molecule has 11 nitrogen and oxygen atoms in total. The number of nitroso groups, excluding NO2 is 1. The number of methoxy groups -OCH3 is 1. The number of thiazole rings is 1. The number of anilines is 1. The summed E-state index contributed by atoms with van der Waals surface area (Å²) in [5.41, 5.74) is 5.66. The van der Waals surface area contributed by atoms with E-state index in [0.29, 0.717) is 17.7 Å². The summed E-state index contributed by atoms with van der Waals surface area (Å²) >= 11 is 8.26. The maximum absolute atomic E-state index is 13.0. The molecule has 1 fully saturated rings. The van der Waals surface area contributed by atoms with Gasteiger partial charge in [0.25, 0.3) is 11.8 Å². The number of thioether (sulfide) groups is 1. The average Bonchev–Trinajstić information content (AvgIpc) is 3.15. The van der Waals surface area contributed by atoms with E-state index in [1.807, 2.05) is 0 Å². The SMILES string of the molecule is COC(=O)C1=C(Sc2ccncc2)CCC2[C@H](NC(=O)C(N=O)c3nc(N)sc3Cl)C(=O)N12. The minimum atomic E-state index is -1.55. The summed E-state index contributed by atoms with van der Waals surface area (Å²) < 4.78 is 4.98. The first-order chi connectivity index (χ1) is 15.8. The second-order valence-electron chi connectivity index (χ2n) is 7.07. The van der Waals surface area contributed by atoms with E-state index in [4.69, 9.17) is 22.1 Å². The number of ether oxygens (including phenoxy) is 1. The molecule has 172 valence electrons. The number of fused-ring (bicyclic) bond motifs is 1. The van der Waals surface area contributed by atoms with Crippen LogP contribution in [0.5, 0.6) is 0 Å². The van der Waals surface area contributed by atoms with Crippen LogP contribution in [0, 0.1) is 4.91 Å². The number of nitrogen functional groups attached to an aromatic ring is 1. The Bertz CT molecular complexity index is 1160. The first-order valence-corrected chi connectivity index (χ1v) is 11.6. The van der Waals surface area contributed by atoms with Gasteiger partial charge in [-0.05, 0) is 30.2 Å². The molecule has 2 amide bonds. The molecule has 0 spiro atoms. The maximum Gasteiger partial charge on any atom is 0.355 e. The zero-order valence-corrected chi connectivity index (χ0v) is 19.4. The van der Waals surface area contributed by atoms with Crippen molar-refractivity contribution in [1.82, 2.24) is 20.2 Å². The Morgan fingerprint density at radius 1 is 1.42 bits per heavy atom. The molecule has 2 aliphatic rings. The van der Waals surface area contributed by atoms with Crippen molar-refractivity contribution in [2.75, 3.05) is 12.8 Å².